The van der Waals surface area contributed by atoms with E-state index >= 15 is 0 Å². The first-order valence-electron chi connectivity index (χ1n) is 5.31. The van der Waals surface area contributed by atoms with Crippen LogP contribution in [0.2, 0.25) is 0 Å². The lowest BCUT2D eigenvalue weighted by Gasteiger charge is -1.92. The number of unbranched alkanes of at least 4 members (excludes halogenated alkanes) is 4. The SMILES string of the molecule is CCC/C=C/CCCC/C=C/C(=O)O. The second kappa shape index (κ2) is 10.0. The lowest BCUT2D eigenvalue weighted by Crippen LogP contribution is -1.85. The van der Waals surface area contributed by atoms with Gasteiger partial charge in [0, 0.05) is 6.08 Å². The molecule has 0 aromatic rings. The van der Waals surface area contributed by atoms with Gasteiger partial charge in [0.1, 0.15) is 0 Å². The number of rotatable bonds is 8. The molecule has 0 aliphatic heterocycles. The lowest BCUT2D eigenvalue weighted by atomic mass is 10.1. The van der Waals surface area contributed by atoms with Gasteiger partial charge in [-0.25, -0.2) is 4.79 Å². The Balaban J connectivity index is 3.17. The molecular formula is C12H20O2. The van der Waals surface area contributed by atoms with E-state index in [0.29, 0.717) is 0 Å². The van der Waals surface area contributed by atoms with Crippen molar-refractivity contribution in [1.82, 2.24) is 0 Å². The van der Waals surface area contributed by atoms with E-state index in [-0.39, 0.29) is 0 Å². The van der Waals surface area contributed by atoms with Gasteiger partial charge in [-0.1, -0.05) is 31.6 Å². The molecular weight excluding hydrogens is 176 g/mol. The third-order valence-corrected chi connectivity index (χ3v) is 1.87. The van der Waals surface area contributed by atoms with E-state index in [4.69, 9.17) is 5.11 Å². The third-order valence-electron chi connectivity index (χ3n) is 1.87. The summed E-state index contributed by atoms with van der Waals surface area (Å²) in [6.07, 6.45) is 13.9. The largest absolute Gasteiger partial charge is 0.478 e. The Kier molecular flexibility index (Phi) is 9.28. The van der Waals surface area contributed by atoms with Gasteiger partial charge in [0.2, 0.25) is 0 Å². The van der Waals surface area contributed by atoms with Crippen molar-refractivity contribution in [2.75, 3.05) is 0 Å². The molecule has 0 heterocycles. The molecule has 0 aromatic carbocycles. The molecule has 0 radical (unpaired) electrons. The minimum absolute atomic E-state index is 0.854. The van der Waals surface area contributed by atoms with E-state index in [1.54, 1.807) is 6.08 Å². The maximum atomic E-state index is 10.1. The van der Waals surface area contributed by atoms with Crippen LogP contribution < -0.4 is 0 Å². The molecule has 0 aliphatic rings. The molecule has 0 bridgehead atoms. The Labute approximate surface area is 86.3 Å². The monoisotopic (exact) mass is 196 g/mol. The highest BCUT2D eigenvalue weighted by Crippen LogP contribution is 2.02. The van der Waals surface area contributed by atoms with Crippen LogP contribution in [0.4, 0.5) is 0 Å². The average Bonchev–Trinajstić information content (AvgIpc) is 2.15. The van der Waals surface area contributed by atoms with E-state index in [2.05, 4.69) is 19.1 Å². The van der Waals surface area contributed by atoms with Crippen molar-refractivity contribution < 1.29 is 9.90 Å². The van der Waals surface area contributed by atoms with Gasteiger partial charge in [-0.3, -0.25) is 0 Å². The molecule has 1 N–H and O–H groups in total. The van der Waals surface area contributed by atoms with Crippen LogP contribution in [0.3, 0.4) is 0 Å². The van der Waals surface area contributed by atoms with E-state index in [0.717, 1.165) is 25.7 Å². The summed E-state index contributed by atoms with van der Waals surface area (Å²) in [4.78, 5) is 10.1. The summed E-state index contributed by atoms with van der Waals surface area (Å²) in [5, 5.41) is 8.32. The minimum Gasteiger partial charge on any atom is -0.478 e. The van der Waals surface area contributed by atoms with Gasteiger partial charge in [-0.15, -0.1) is 0 Å². The smallest absolute Gasteiger partial charge is 0.327 e. The number of carboxylic acids is 1. The second-order valence-electron chi connectivity index (χ2n) is 3.29. The maximum absolute atomic E-state index is 10.1. The molecule has 0 aliphatic carbocycles. The number of aliphatic carboxylic acids is 1. The van der Waals surface area contributed by atoms with E-state index < -0.39 is 5.97 Å². The summed E-state index contributed by atoms with van der Waals surface area (Å²) in [5.74, 6) is -0.854. The summed E-state index contributed by atoms with van der Waals surface area (Å²) in [6.45, 7) is 2.17. The minimum atomic E-state index is -0.854. The molecule has 0 aromatic heterocycles. The highest BCUT2D eigenvalue weighted by Gasteiger charge is 1.86. The normalized spacial score (nSPS) is 11.5. The second-order valence-corrected chi connectivity index (χ2v) is 3.29. The topological polar surface area (TPSA) is 37.3 Å². The van der Waals surface area contributed by atoms with Gasteiger partial charge in [-0.2, -0.15) is 0 Å². The molecule has 0 amide bonds. The number of carboxylic acid groups (broad SMARTS) is 1. The van der Waals surface area contributed by atoms with Crippen LogP contribution in [0.25, 0.3) is 0 Å². The van der Waals surface area contributed by atoms with Crippen LogP contribution in [0.15, 0.2) is 24.3 Å². The standard InChI is InChI=1S/C12H20O2/c1-2-3-4-5-6-7-8-9-10-11-12(13)14/h4-5,10-11H,2-3,6-9H2,1H3,(H,13,14)/b5-4+,11-10+. The van der Waals surface area contributed by atoms with Crippen LogP contribution in [-0.4, -0.2) is 11.1 Å². The Bertz CT molecular complexity index is 192. The molecule has 0 atom stereocenters. The first-order chi connectivity index (χ1) is 6.77. The number of allylic oxidation sites excluding steroid dienone is 3. The molecule has 80 valence electrons. The van der Waals surface area contributed by atoms with Gasteiger partial charge in [0.15, 0.2) is 0 Å². The molecule has 0 spiro atoms. The number of hydrogen-bond donors (Lipinski definition) is 1. The first kappa shape index (κ1) is 12.9. The maximum Gasteiger partial charge on any atom is 0.327 e. The van der Waals surface area contributed by atoms with Crippen LogP contribution in [0, 0.1) is 0 Å². The van der Waals surface area contributed by atoms with Crippen molar-refractivity contribution in [1.29, 1.82) is 0 Å². The average molecular weight is 196 g/mol. The van der Waals surface area contributed by atoms with Crippen molar-refractivity contribution in [3.05, 3.63) is 24.3 Å². The zero-order valence-electron chi connectivity index (χ0n) is 8.91. The summed E-state index contributed by atoms with van der Waals surface area (Å²) >= 11 is 0. The Morgan fingerprint density at radius 2 is 1.64 bits per heavy atom. The molecule has 0 saturated carbocycles. The quantitative estimate of drug-likeness (QED) is 0.366. The van der Waals surface area contributed by atoms with Crippen LogP contribution >= 0.6 is 0 Å². The fourth-order valence-corrected chi connectivity index (χ4v) is 1.11. The summed E-state index contributed by atoms with van der Waals surface area (Å²) in [7, 11) is 0. The number of carbonyl (C=O) groups is 1. The predicted molar refractivity (Wildman–Crippen MR) is 59.3 cm³/mol. The molecule has 2 heteroatoms. The van der Waals surface area contributed by atoms with Crippen molar-refractivity contribution in [3.63, 3.8) is 0 Å². The van der Waals surface area contributed by atoms with Gasteiger partial charge < -0.3 is 5.11 Å². The third kappa shape index (κ3) is 11.0. The van der Waals surface area contributed by atoms with Gasteiger partial charge in [0.25, 0.3) is 0 Å². The molecule has 0 saturated heterocycles. The van der Waals surface area contributed by atoms with Gasteiger partial charge >= 0.3 is 5.97 Å². The fraction of sp³-hybridized carbons (Fsp3) is 0.583. The summed E-state index contributed by atoms with van der Waals surface area (Å²) in [5.41, 5.74) is 0. The molecule has 0 rings (SSSR count). The van der Waals surface area contributed by atoms with Crippen molar-refractivity contribution in [2.45, 2.75) is 45.4 Å². The molecule has 0 unspecified atom stereocenters. The van der Waals surface area contributed by atoms with Crippen molar-refractivity contribution in [3.8, 4) is 0 Å². The van der Waals surface area contributed by atoms with Gasteiger partial charge in [0.05, 0.1) is 0 Å². The zero-order chi connectivity index (χ0) is 10.6. The zero-order valence-corrected chi connectivity index (χ0v) is 8.91. The van der Waals surface area contributed by atoms with Crippen LogP contribution in [0.1, 0.15) is 45.4 Å². The lowest BCUT2D eigenvalue weighted by molar-refractivity contribution is -0.131. The molecule has 14 heavy (non-hydrogen) atoms. The fourth-order valence-electron chi connectivity index (χ4n) is 1.11. The van der Waals surface area contributed by atoms with Gasteiger partial charge in [-0.05, 0) is 32.1 Å². The highest BCUT2D eigenvalue weighted by atomic mass is 16.4. The predicted octanol–water partition coefficient (Wildman–Crippen LogP) is 3.54. The van der Waals surface area contributed by atoms with E-state index in [1.165, 1.54) is 18.9 Å². The Hall–Kier alpha value is -1.05. The van der Waals surface area contributed by atoms with Crippen LogP contribution in [-0.2, 0) is 4.79 Å². The van der Waals surface area contributed by atoms with Crippen molar-refractivity contribution in [2.24, 2.45) is 0 Å². The Morgan fingerprint density at radius 3 is 2.21 bits per heavy atom. The summed E-state index contributed by atoms with van der Waals surface area (Å²) < 4.78 is 0. The molecule has 2 nitrogen and oxygen atoms in total. The van der Waals surface area contributed by atoms with E-state index in [1.807, 2.05) is 0 Å². The number of hydrogen-bond acceptors (Lipinski definition) is 1. The van der Waals surface area contributed by atoms with Crippen molar-refractivity contribution >= 4 is 5.97 Å². The summed E-state index contributed by atoms with van der Waals surface area (Å²) in [6, 6.07) is 0. The van der Waals surface area contributed by atoms with Crippen LogP contribution in [0.5, 0.6) is 0 Å². The first-order valence-corrected chi connectivity index (χ1v) is 5.31. The Morgan fingerprint density at radius 1 is 1.07 bits per heavy atom. The van der Waals surface area contributed by atoms with E-state index in [9.17, 15) is 4.79 Å². The highest BCUT2D eigenvalue weighted by molar-refractivity contribution is 5.79. The molecule has 0 fully saturated rings.